The van der Waals surface area contributed by atoms with Crippen LogP contribution in [0.5, 0.6) is 0 Å². The van der Waals surface area contributed by atoms with Crippen LogP contribution < -0.4 is 10.9 Å². The van der Waals surface area contributed by atoms with E-state index in [1.807, 2.05) is 30.3 Å². The van der Waals surface area contributed by atoms with Crippen LogP contribution in [0.15, 0.2) is 52.5 Å². The second kappa shape index (κ2) is 11.3. The molecular weight excluding hydrogens is 553 g/mol. The third-order valence-electron chi connectivity index (χ3n) is 10.3. The molecule has 1 unspecified atom stereocenters. The number of aryl methyl sites for hydroxylation is 2. The van der Waals surface area contributed by atoms with Gasteiger partial charge >= 0.3 is 0 Å². The van der Waals surface area contributed by atoms with Gasteiger partial charge in [-0.05, 0) is 97.1 Å². The maximum atomic E-state index is 13.3. The maximum Gasteiger partial charge on any atom is 0.261 e. The van der Waals surface area contributed by atoms with Crippen molar-refractivity contribution in [1.82, 2.24) is 14.5 Å². The molecule has 0 spiro atoms. The van der Waals surface area contributed by atoms with E-state index in [2.05, 4.69) is 42.9 Å². The lowest BCUT2D eigenvalue weighted by Gasteiger charge is -2.61. The molecule has 7 rings (SSSR count). The van der Waals surface area contributed by atoms with E-state index < -0.39 is 0 Å². The first-order valence-electron chi connectivity index (χ1n) is 15.1. The summed E-state index contributed by atoms with van der Waals surface area (Å²) in [6.45, 7) is 12.1. The first-order chi connectivity index (χ1) is 19.6. The first kappa shape index (κ1) is 28.5. The minimum Gasteiger partial charge on any atom is -0.342 e. The van der Waals surface area contributed by atoms with Crippen molar-refractivity contribution in [3.8, 4) is 0 Å². The highest BCUT2D eigenvalue weighted by Crippen LogP contribution is 2.61. The fourth-order valence-electron chi connectivity index (χ4n) is 7.51. The number of halogens is 2. The van der Waals surface area contributed by atoms with Crippen molar-refractivity contribution in [3.05, 3.63) is 68.7 Å². The fraction of sp³-hybridized carbons (Fsp3) is 0.545. The summed E-state index contributed by atoms with van der Waals surface area (Å²) in [4.78, 5) is 25.8. The number of nitrogens with one attached hydrogen (secondary N) is 1. The predicted octanol–water partition coefficient (Wildman–Crippen LogP) is 7.52. The topological polar surface area (TPSA) is 62.5 Å². The molecule has 1 aliphatic heterocycles. The molecule has 1 aromatic heterocycles. The molecule has 2 bridgehead atoms. The molecule has 4 aliphatic rings. The molecule has 0 amide bonds. The zero-order chi connectivity index (χ0) is 28.9. The van der Waals surface area contributed by atoms with Gasteiger partial charge in [0.1, 0.15) is 0 Å². The minimum atomic E-state index is -0.0525. The summed E-state index contributed by atoms with van der Waals surface area (Å²) in [5.41, 5.74) is 2.94. The van der Waals surface area contributed by atoms with Crippen LogP contribution in [-0.4, -0.2) is 39.5 Å². The number of hydrogen-bond donors (Lipinski definition) is 1. The van der Waals surface area contributed by atoms with Crippen LogP contribution in [0.4, 0.5) is 5.69 Å². The highest BCUT2D eigenvalue weighted by molar-refractivity contribution is 6.35. The Morgan fingerprint density at radius 1 is 1.15 bits per heavy atom. The Morgan fingerprint density at radius 2 is 1.98 bits per heavy atom. The Labute approximate surface area is 253 Å². The number of guanidine groups is 1. The van der Waals surface area contributed by atoms with Gasteiger partial charge < -0.3 is 10.2 Å². The van der Waals surface area contributed by atoms with Crippen LogP contribution in [0.3, 0.4) is 0 Å². The van der Waals surface area contributed by atoms with Gasteiger partial charge in [0.15, 0.2) is 5.96 Å². The van der Waals surface area contributed by atoms with Gasteiger partial charge in [-0.3, -0.25) is 9.36 Å². The van der Waals surface area contributed by atoms with Crippen LogP contribution in [0, 0.1) is 29.1 Å². The Balaban J connectivity index is 1.23. The molecule has 0 radical (unpaired) electrons. The summed E-state index contributed by atoms with van der Waals surface area (Å²) < 4.78 is 1.65. The van der Waals surface area contributed by atoms with Gasteiger partial charge in [-0.1, -0.05) is 57.0 Å². The number of aliphatic imine (C=N–C) groups is 1. The molecule has 1 N–H and O–H groups in total. The molecule has 3 aliphatic carbocycles. The van der Waals surface area contributed by atoms with Gasteiger partial charge in [-0.15, -0.1) is 0 Å². The van der Waals surface area contributed by atoms with Crippen LogP contribution in [0.2, 0.25) is 10.0 Å². The van der Waals surface area contributed by atoms with Crippen molar-refractivity contribution in [2.45, 2.75) is 72.4 Å². The average Bonchev–Trinajstić information content (AvgIpc) is 2.94. The zero-order valence-corrected chi connectivity index (χ0v) is 26.0. The predicted molar refractivity (Wildman–Crippen MR) is 170 cm³/mol. The number of benzene rings is 2. The Kier molecular flexibility index (Phi) is 7.84. The van der Waals surface area contributed by atoms with Crippen molar-refractivity contribution in [3.63, 3.8) is 0 Å². The van der Waals surface area contributed by atoms with Gasteiger partial charge in [-0.25, -0.2) is 9.98 Å². The monoisotopic (exact) mass is 593 g/mol. The van der Waals surface area contributed by atoms with Crippen molar-refractivity contribution in [2.75, 3.05) is 18.4 Å². The van der Waals surface area contributed by atoms with Crippen LogP contribution in [-0.2, 0) is 13.0 Å². The SMILES string of the molecule is C[C@@H]1CCCN(C(=N[C@H]2CC3C[C@H]([C@@H]2C)C3(C)C)Nc2ccc3c(=O)n(CCc4ccc(Cl)cc4Cl)cnc3c2)C1. The molecule has 4 fully saturated rings. The highest BCUT2D eigenvalue weighted by atomic mass is 35.5. The minimum absolute atomic E-state index is 0.0525. The number of piperidine rings is 1. The van der Waals surface area contributed by atoms with Crippen LogP contribution >= 0.6 is 23.2 Å². The van der Waals surface area contributed by atoms with Gasteiger partial charge in [0, 0.05) is 35.4 Å². The number of fused-ring (bicyclic) bond motifs is 3. The first-order valence-corrected chi connectivity index (χ1v) is 15.9. The quantitative estimate of drug-likeness (QED) is 0.245. The number of anilines is 1. The van der Waals surface area contributed by atoms with E-state index in [4.69, 9.17) is 28.2 Å². The molecule has 8 heteroatoms. The second-order valence-corrected chi connectivity index (χ2v) is 14.1. The van der Waals surface area contributed by atoms with Crippen LogP contribution in [0.25, 0.3) is 10.9 Å². The maximum absolute atomic E-state index is 13.3. The summed E-state index contributed by atoms with van der Waals surface area (Å²) in [7, 11) is 0. The van der Waals surface area contributed by atoms with E-state index in [1.54, 1.807) is 17.0 Å². The standard InChI is InChI=1S/C33H41Cl2N5O/c1-20-6-5-12-39(18-20)32(38-29-15-23-14-27(21(29)2)33(23,3)4)37-25-9-10-26-30(17-25)36-19-40(31(26)41)13-11-22-7-8-24(34)16-28(22)35/h7-10,16-17,19-21,23,27,29H,5-6,11-15,18H2,1-4H3,(H,37,38)/t20-,21+,23?,27-,29+/m1/s1. The smallest absolute Gasteiger partial charge is 0.261 e. The van der Waals surface area contributed by atoms with Crippen molar-refractivity contribution in [1.29, 1.82) is 0 Å². The second-order valence-electron chi connectivity index (χ2n) is 13.3. The Bertz CT molecular complexity index is 1530. The molecule has 218 valence electrons. The van der Waals surface area contributed by atoms with E-state index in [-0.39, 0.29) is 5.56 Å². The molecule has 2 heterocycles. The molecular formula is C33H41Cl2N5O. The van der Waals surface area contributed by atoms with Gasteiger partial charge in [0.05, 0.1) is 23.3 Å². The number of aromatic nitrogens is 2. The number of rotatable bonds is 5. The lowest BCUT2D eigenvalue weighted by atomic mass is 9.45. The van der Waals surface area contributed by atoms with E-state index >= 15 is 0 Å². The molecule has 2 aromatic carbocycles. The van der Waals surface area contributed by atoms with Gasteiger partial charge in [0.25, 0.3) is 5.56 Å². The van der Waals surface area contributed by atoms with Crippen molar-refractivity contribution < 1.29 is 0 Å². The Morgan fingerprint density at radius 3 is 2.71 bits per heavy atom. The van der Waals surface area contributed by atoms with E-state index in [0.717, 1.165) is 42.1 Å². The van der Waals surface area contributed by atoms with Crippen LogP contribution in [0.1, 0.15) is 58.9 Å². The van der Waals surface area contributed by atoms with Crippen molar-refractivity contribution in [2.24, 2.45) is 34.1 Å². The van der Waals surface area contributed by atoms with E-state index in [1.165, 1.54) is 25.7 Å². The summed E-state index contributed by atoms with van der Waals surface area (Å²) >= 11 is 12.4. The normalized spacial score (nSPS) is 27.5. The summed E-state index contributed by atoms with van der Waals surface area (Å²) in [5.74, 6) is 3.71. The largest absolute Gasteiger partial charge is 0.342 e. The molecule has 3 saturated carbocycles. The summed E-state index contributed by atoms with van der Waals surface area (Å²) in [6, 6.07) is 11.6. The lowest BCUT2D eigenvalue weighted by Crippen LogP contribution is -2.56. The number of likely N-dealkylation sites (tertiary alicyclic amines) is 1. The number of hydrogen-bond acceptors (Lipinski definition) is 3. The lowest BCUT2D eigenvalue weighted by molar-refractivity contribution is -0.108. The summed E-state index contributed by atoms with van der Waals surface area (Å²) in [6.07, 6.45) is 7.22. The Hall–Kier alpha value is -2.57. The summed E-state index contributed by atoms with van der Waals surface area (Å²) in [5, 5.41) is 5.49. The molecule has 41 heavy (non-hydrogen) atoms. The van der Waals surface area contributed by atoms with Crippen molar-refractivity contribution >= 4 is 45.8 Å². The molecule has 3 aromatic rings. The average molecular weight is 595 g/mol. The van der Waals surface area contributed by atoms with E-state index in [9.17, 15) is 4.79 Å². The fourth-order valence-corrected chi connectivity index (χ4v) is 8.02. The molecule has 1 saturated heterocycles. The third-order valence-corrected chi connectivity index (χ3v) is 10.9. The van der Waals surface area contributed by atoms with E-state index in [0.29, 0.717) is 57.2 Å². The number of nitrogens with zero attached hydrogens (tertiary/aromatic N) is 4. The zero-order valence-electron chi connectivity index (χ0n) is 24.5. The third kappa shape index (κ3) is 5.62. The molecule has 6 nitrogen and oxygen atoms in total. The highest BCUT2D eigenvalue weighted by Gasteiger charge is 2.56. The van der Waals surface area contributed by atoms with Gasteiger partial charge in [-0.2, -0.15) is 0 Å². The molecule has 5 atom stereocenters. The van der Waals surface area contributed by atoms with Gasteiger partial charge in [0.2, 0.25) is 0 Å².